The Morgan fingerprint density at radius 3 is 2.38 bits per heavy atom. The number of carbonyl (C=O) groups is 2. The van der Waals surface area contributed by atoms with E-state index in [2.05, 4.69) is 5.32 Å². The van der Waals surface area contributed by atoms with Crippen LogP contribution in [0.2, 0.25) is 0 Å². The predicted octanol–water partition coefficient (Wildman–Crippen LogP) is 0.752. The van der Waals surface area contributed by atoms with Crippen molar-refractivity contribution in [2.45, 2.75) is 0 Å². The lowest BCUT2D eigenvalue weighted by Gasteiger charge is -2.01. The first-order chi connectivity index (χ1) is 6.20. The summed E-state index contributed by atoms with van der Waals surface area (Å²) in [4.78, 5) is 20.8. The molecule has 0 aromatic heterocycles. The van der Waals surface area contributed by atoms with Crippen molar-refractivity contribution in [1.82, 2.24) is 0 Å². The molecule has 0 bridgehead atoms. The Morgan fingerprint density at radius 2 is 1.85 bits per heavy atom. The Balaban J connectivity index is 2.44. The van der Waals surface area contributed by atoms with Crippen molar-refractivity contribution in [1.29, 1.82) is 0 Å². The number of ketones is 1. The molecule has 0 aliphatic rings. The number of Topliss-reactive ketones (excluding diaryl/α,β-unsaturated/α-hetero) is 1. The van der Waals surface area contributed by atoms with Crippen LogP contribution in [0.1, 0.15) is 0 Å². The zero-order valence-corrected chi connectivity index (χ0v) is 6.86. The molecular weight excluding hydrogens is 170 g/mol. The van der Waals surface area contributed by atoms with Crippen LogP contribution in [-0.4, -0.2) is 23.4 Å². The van der Waals surface area contributed by atoms with E-state index in [0.29, 0.717) is 0 Å². The smallest absolute Gasteiger partial charge is 0.374 e. The number of rotatable bonds is 4. The lowest BCUT2D eigenvalue weighted by Crippen LogP contribution is -2.22. The van der Waals surface area contributed by atoms with Crippen LogP contribution in [0, 0.1) is 0 Å². The summed E-state index contributed by atoms with van der Waals surface area (Å²) in [7, 11) is 0. The van der Waals surface area contributed by atoms with Crippen molar-refractivity contribution in [3.63, 3.8) is 0 Å². The molecule has 0 aliphatic carbocycles. The number of hydrogen-bond acceptors (Lipinski definition) is 3. The van der Waals surface area contributed by atoms with Crippen LogP contribution >= 0.6 is 0 Å². The molecule has 0 saturated carbocycles. The van der Waals surface area contributed by atoms with Crippen molar-refractivity contribution in [2.75, 3.05) is 11.9 Å². The Morgan fingerprint density at radius 1 is 1.23 bits per heavy atom. The van der Waals surface area contributed by atoms with E-state index >= 15 is 0 Å². The Labute approximate surface area is 75.2 Å². The van der Waals surface area contributed by atoms with Crippen molar-refractivity contribution < 1.29 is 14.7 Å². The molecule has 0 unspecified atom stereocenters. The van der Waals surface area contributed by atoms with E-state index in [-0.39, 0.29) is 6.54 Å². The normalized spacial score (nSPS) is 9.23. The summed E-state index contributed by atoms with van der Waals surface area (Å²) in [5.74, 6) is -2.26. The van der Waals surface area contributed by atoms with E-state index in [9.17, 15) is 9.59 Å². The van der Waals surface area contributed by atoms with Crippen molar-refractivity contribution >= 4 is 17.4 Å². The summed E-state index contributed by atoms with van der Waals surface area (Å²) in [6.45, 7) is -0.181. The molecule has 0 saturated heterocycles. The minimum absolute atomic E-state index is 0.181. The molecule has 0 atom stereocenters. The lowest BCUT2D eigenvalue weighted by molar-refractivity contribution is -0.148. The molecule has 0 spiro atoms. The minimum atomic E-state index is -1.41. The van der Waals surface area contributed by atoms with Gasteiger partial charge in [0, 0.05) is 5.69 Å². The van der Waals surface area contributed by atoms with Gasteiger partial charge in [0.05, 0.1) is 6.54 Å². The van der Waals surface area contributed by atoms with Gasteiger partial charge in [-0.3, -0.25) is 4.79 Å². The van der Waals surface area contributed by atoms with Crippen LogP contribution in [0.4, 0.5) is 5.69 Å². The molecular formula is C9H9NO3. The van der Waals surface area contributed by atoms with Crippen LogP contribution in [-0.2, 0) is 9.59 Å². The highest BCUT2D eigenvalue weighted by Crippen LogP contribution is 2.03. The van der Waals surface area contributed by atoms with E-state index in [1.165, 1.54) is 0 Å². The molecule has 0 fully saturated rings. The fourth-order valence-electron chi connectivity index (χ4n) is 0.814. The van der Waals surface area contributed by atoms with Crippen molar-refractivity contribution in [3.05, 3.63) is 30.3 Å². The fourth-order valence-corrected chi connectivity index (χ4v) is 0.814. The average molecular weight is 179 g/mol. The van der Waals surface area contributed by atoms with Crippen LogP contribution in [0.5, 0.6) is 0 Å². The van der Waals surface area contributed by atoms with E-state index < -0.39 is 11.8 Å². The summed E-state index contributed by atoms with van der Waals surface area (Å²) < 4.78 is 0. The maximum atomic E-state index is 10.7. The third-order valence-corrected chi connectivity index (χ3v) is 1.47. The van der Waals surface area contributed by atoms with E-state index in [1.807, 2.05) is 6.07 Å². The van der Waals surface area contributed by atoms with Gasteiger partial charge in [-0.05, 0) is 12.1 Å². The number of carboxylic acids is 1. The van der Waals surface area contributed by atoms with Gasteiger partial charge >= 0.3 is 5.97 Å². The quantitative estimate of drug-likeness (QED) is 0.669. The molecule has 13 heavy (non-hydrogen) atoms. The number of hydrogen-bond donors (Lipinski definition) is 2. The number of anilines is 1. The largest absolute Gasteiger partial charge is 0.475 e. The monoisotopic (exact) mass is 179 g/mol. The third kappa shape index (κ3) is 2.94. The van der Waals surface area contributed by atoms with E-state index in [1.54, 1.807) is 24.3 Å². The standard InChI is InChI=1S/C9H9NO3/c11-8(9(12)13)6-10-7-4-2-1-3-5-7/h1-5,10H,6H2,(H,12,13). The molecule has 4 nitrogen and oxygen atoms in total. The van der Waals surface area contributed by atoms with Gasteiger partial charge in [-0.15, -0.1) is 0 Å². The Bertz CT molecular complexity index is 308. The van der Waals surface area contributed by atoms with Crippen molar-refractivity contribution in [2.24, 2.45) is 0 Å². The second-order valence-corrected chi connectivity index (χ2v) is 2.45. The second-order valence-electron chi connectivity index (χ2n) is 2.45. The highest BCUT2D eigenvalue weighted by Gasteiger charge is 2.09. The minimum Gasteiger partial charge on any atom is -0.475 e. The van der Waals surface area contributed by atoms with E-state index in [0.717, 1.165) is 5.69 Å². The van der Waals surface area contributed by atoms with Crippen LogP contribution < -0.4 is 5.32 Å². The number of nitrogens with one attached hydrogen (secondary N) is 1. The highest BCUT2D eigenvalue weighted by molar-refractivity contribution is 6.34. The number of carboxylic acid groups (broad SMARTS) is 1. The summed E-state index contributed by atoms with van der Waals surface area (Å²) >= 11 is 0. The first-order valence-corrected chi connectivity index (χ1v) is 3.75. The zero-order valence-electron chi connectivity index (χ0n) is 6.86. The molecule has 1 aromatic carbocycles. The van der Waals surface area contributed by atoms with Gasteiger partial charge in [0.15, 0.2) is 0 Å². The Kier molecular flexibility index (Phi) is 3.03. The van der Waals surface area contributed by atoms with Gasteiger partial charge in [-0.25, -0.2) is 4.79 Å². The highest BCUT2D eigenvalue weighted by atomic mass is 16.4. The molecule has 2 N–H and O–H groups in total. The number of aliphatic carboxylic acids is 1. The number of benzene rings is 1. The molecule has 0 aliphatic heterocycles. The second kappa shape index (κ2) is 4.25. The number of para-hydroxylation sites is 1. The summed E-state index contributed by atoms with van der Waals surface area (Å²) in [6, 6.07) is 8.95. The van der Waals surface area contributed by atoms with Gasteiger partial charge in [-0.1, -0.05) is 18.2 Å². The fraction of sp³-hybridized carbons (Fsp3) is 0.111. The molecule has 0 radical (unpaired) electrons. The van der Waals surface area contributed by atoms with Gasteiger partial charge in [0.25, 0.3) is 5.78 Å². The summed E-state index contributed by atoms with van der Waals surface area (Å²) in [6.07, 6.45) is 0. The van der Waals surface area contributed by atoms with Gasteiger partial charge in [0.2, 0.25) is 0 Å². The topological polar surface area (TPSA) is 66.4 Å². The van der Waals surface area contributed by atoms with Crippen molar-refractivity contribution in [3.8, 4) is 0 Å². The summed E-state index contributed by atoms with van der Waals surface area (Å²) in [5, 5.41) is 11.0. The van der Waals surface area contributed by atoms with Crippen LogP contribution in [0.15, 0.2) is 30.3 Å². The van der Waals surface area contributed by atoms with Crippen LogP contribution in [0.3, 0.4) is 0 Å². The SMILES string of the molecule is O=C(O)C(=O)CNc1ccccc1. The van der Waals surface area contributed by atoms with E-state index in [4.69, 9.17) is 5.11 Å². The van der Waals surface area contributed by atoms with Gasteiger partial charge < -0.3 is 10.4 Å². The van der Waals surface area contributed by atoms with Crippen LogP contribution in [0.25, 0.3) is 0 Å². The first kappa shape index (κ1) is 9.25. The number of carbonyl (C=O) groups excluding carboxylic acids is 1. The molecule has 68 valence electrons. The Hall–Kier alpha value is -1.84. The molecule has 1 aromatic rings. The molecule has 0 amide bonds. The van der Waals surface area contributed by atoms with Gasteiger partial charge in [-0.2, -0.15) is 0 Å². The zero-order chi connectivity index (χ0) is 9.68. The summed E-state index contributed by atoms with van der Waals surface area (Å²) in [5.41, 5.74) is 0.733. The lowest BCUT2D eigenvalue weighted by atomic mass is 10.3. The van der Waals surface area contributed by atoms with Gasteiger partial charge in [0.1, 0.15) is 0 Å². The molecule has 0 heterocycles. The average Bonchev–Trinajstić information content (AvgIpc) is 2.15. The first-order valence-electron chi connectivity index (χ1n) is 3.75. The molecule has 4 heteroatoms. The maximum Gasteiger partial charge on any atom is 0.374 e. The maximum absolute atomic E-state index is 10.7. The molecule has 1 rings (SSSR count). The predicted molar refractivity (Wildman–Crippen MR) is 47.6 cm³/mol. The third-order valence-electron chi connectivity index (χ3n) is 1.47.